The number of hydrogen-bond donors (Lipinski definition) is 1. The molecule has 0 bridgehead atoms. The van der Waals surface area contributed by atoms with Crippen molar-refractivity contribution in [3.8, 4) is 5.75 Å². The highest BCUT2D eigenvalue weighted by Crippen LogP contribution is 2.34. The van der Waals surface area contributed by atoms with Gasteiger partial charge in [-0.3, -0.25) is 4.79 Å². The lowest BCUT2D eigenvalue weighted by molar-refractivity contribution is -0.129. The molecular weight excluding hydrogens is 278 g/mol. The van der Waals surface area contributed by atoms with Crippen LogP contribution in [0, 0.1) is 0 Å². The fourth-order valence-electron chi connectivity index (χ4n) is 3.28. The van der Waals surface area contributed by atoms with Crippen LogP contribution in [0.15, 0.2) is 18.2 Å². The van der Waals surface area contributed by atoms with Crippen LogP contribution < -0.4 is 15.4 Å². The monoisotopic (exact) mass is 303 g/mol. The molecule has 1 amide bonds. The predicted octanol–water partition coefficient (Wildman–Crippen LogP) is 2.26. The Morgan fingerprint density at radius 1 is 1.27 bits per heavy atom. The Kier molecular flexibility index (Phi) is 4.41. The minimum Gasteiger partial charge on any atom is -0.487 e. The third-order valence-electron chi connectivity index (χ3n) is 4.42. The maximum Gasteiger partial charge on any atom is 0.242 e. The van der Waals surface area contributed by atoms with Crippen LogP contribution in [0.25, 0.3) is 0 Å². The van der Waals surface area contributed by atoms with Gasteiger partial charge in [0.2, 0.25) is 5.91 Å². The second-order valence-corrected chi connectivity index (χ2v) is 6.33. The van der Waals surface area contributed by atoms with Crippen molar-refractivity contribution in [1.29, 1.82) is 0 Å². The van der Waals surface area contributed by atoms with Gasteiger partial charge in [-0.2, -0.15) is 0 Å². The zero-order valence-electron chi connectivity index (χ0n) is 13.3. The molecule has 3 rings (SSSR count). The summed E-state index contributed by atoms with van der Waals surface area (Å²) >= 11 is 0. The molecule has 1 unspecified atom stereocenters. The summed E-state index contributed by atoms with van der Waals surface area (Å²) in [5.74, 6) is 1.00. The third-order valence-corrected chi connectivity index (χ3v) is 4.42. The van der Waals surface area contributed by atoms with Crippen molar-refractivity contribution in [1.82, 2.24) is 4.90 Å². The van der Waals surface area contributed by atoms with E-state index >= 15 is 0 Å². The number of rotatable bonds is 2. The van der Waals surface area contributed by atoms with Gasteiger partial charge in [0.15, 0.2) is 0 Å². The highest BCUT2D eigenvalue weighted by Gasteiger charge is 2.26. The fourth-order valence-corrected chi connectivity index (χ4v) is 3.28. The van der Waals surface area contributed by atoms with E-state index in [0.29, 0.717) is 12.2 Å². The molecular formula is C17H25N3O2. The molecule has 1 aromatic rings. The number of nitrogens with two attached hydrogens (primary N) is 1. The van der Waals surface area contributed by atoms with Gasteiger partial charge in [0.25, 0.3) is 0 Å². The molecule has 0 saturated carbocycles. The van der Waals surface area contributed by atoms with Gasteiger partial charge in [0.1, 0.15) is 11.9 Å². The first-order valence-corrected chi connectivity index (χ1v) is 8.22. The first-order chi connectivity index (χ1) is 10.6. The molecule has 22 heavy (non-hydrogen) atoms. The fraction of sp³-hybridized carbons (Fsp3) is 0.588. The molecule has 0 aromatic heterocycles. The first kappa shape index (κ1) is 15.0. The van der Waals surface area contributed by atoms with Crippen LogP contribution >= 0.6 is 0 Å². The van der Waals surface area contributed by atoms with E-state index in [1.54, 1.807) is 0 Å². The first-order valence-electron chi connectivity index (χ1n) is 8.22. The molecule has 0 spiro atoms. The molecule has 5 heteroatoms. The van der Waals surface area contributed by atoms with Gasteiger partial charge < -0.3 is 20.3 Å². The molecule has 0 aliphatic carbocycles. The van der Waals surface area contributed by atoms with Gasteiger partial charge in [-0.05, 0) is 31.9 Å². The topological polar surface area (TPSA) is 58.8 Å². The van der Waals surface area contributed by atoms with Crippen LogP contribution in [-0.2, 0) is 4.79 Å². The number of ether oxygens (including phenoxy) is 1. The van der Waals surface area contributed by atoms with Crippen molar-refractivity contribution >= 4 is 17.3 Å². The third kappa shape index (κ3) is 3.29. The van der Waals surface area contributed by atoms with E-state index in [1.807, 2.05) is 30.0 Å². The van der Waals surface area contributed by atoms with Crippen molar-refractivity contribution in [2.45, 2.75) is 38.7 Å². The van der Waals surface area contributed by atoms with E-state index < -0.39 is 0 Å². The number of anilines is 2. The second kappa shape index (κ2) is 6.46. The van der Waals surface area contributed by atoms with E-state index in [4.69, 9.17) is 10.5 Å². The highest BCUT2D eigenvalue weighted by atomic mass is 16.5. The van der Waals surface area contributed by atoms with Crippen LogP contribution in [0.4, 0.5) is 11.4 Å². The van der Waals surface area contributed by atoms with Crippen LogP contribution in [0.2, 0.25) is 0 Å². The summed E-state index contributed by atoms with van der Waals surface area (Å²) < 4.78 is 5.84. The Labute approximate surface area is 132 Å². The van der Waals surface area contributed by atoms with E-state index in [-0.39, 0.29) is 12.0 Å². The number of benzene rings is 1. The summed E-state index contributed by atoms with van der Waals surface area (Å²) in [4.78, 5) is 16.8. The quantitative estimate of drug-likeness (QED) is 0.851. The Balaban J connectivity index is 1.73. The summed E-state index contributed by atoms with van der Waals surface area (Å²) in [6.45, 7) is 4.97. The summed E-state index contributed by atoms with van der Waals surface area (Å²) in [5.41, 5.74) is 7.49. The Hall–Kier alpha value is -1.91. The molecule has 1 saturated heterocycles. The maximum atomic E-state index is 12.6. The molecule has 2 aliphatic heterocycles. The number of likely N-dealkylation sites (tertiary alicyclic amines) is 1. The molecule has 5 nitrogen and oxygen atoms in total. The standard InChI is InChI=1S/C17H25N3O2/c1-13-11-20(15-7-6-14(18)10-16(15)22-13)12-17(21)19-8-4-2-3-5-9-19/h6-7,10,13H,2-5,8-9,11-12,18H2,1H3. The molecule has 2 aliphatic rings. The minimum atomic E-state index is 0.0613. The lowest BCUT2D eigenvalue weighted by Crippen LogP contribution is -2.46. The van der Waals surface area contributed by atoms with Gasteiger partial charge in [-0.1, -0.05) is 12.8 Å². The SMILES string of the molecule is CC1CN(CC(=O)N2CCCCCC2)c2ccc(N)cc2O1. The maximum absolute atomic E-state index is 12.6. The summed E-state index contributed by atoms with van der Waals surface area (Å²) in [7, 11) is 0. The molecule has 2 N–H and O–H groups in total. The van der Waals surface area contributed by atoms with Crippen LogP contribution in [0.1, 0.15) is 32.6 Å². The van der Waals surface area contributed by atoms with E-state index in [2.05, 4.69) is 4.90 Å². The second-order valence-electron chi connectivity index (χ2n) is 6.33. The van der Waals surface area contributed by atoms with E-state index in [1.165, 1.54) is 12.8 Å². The number of fused-ring (bicyclic) bond motifs is 1. The van der Waals surface area contributed by atoms with Gasteiger partial charge in [-0.15, -0.1) is 0 Å². The molecule has 2 heterocycles. The molecule has 0 radical (unpaired) electrons. The Bertz CT molecular complexity index is 539. The Morgan fingerprint density at radius 2 is 2.00 bits per heavy atom. The van der Waals surface area contributed by atoms with Crippen LogP contribution in [0.3, 0.4) is 0 Å². The number of nitrogen functional groups attached to an aromatic ring is 1. The molecule has 1 aromatic carbocycles. The van der Waals surface area contributed by atoms with Crippen molar-refractivity contribution in [3.05, 3.63) is 18.2 Å². The van der Waals surface area contributed by atoms with Gasteiger partial charge in [-0.25, -0.2) is 0 Å². The van der Waals surface area contributed by atoms with Crippen molar-refractivity contribution in [2.75, 3.05) is 36.8 Å². The highest BCUT2D eigenvalue weighted by molar-refractivity contribution is 5.82. The zero-order valence-corrected chi connectivity index (χ0v) is 13.3. The summed E-state index contributed by atoms with van der Waals surface area (Å²) in [6.07, 6.45) is 4.78. The molecule has 1 atom stereocenters. The van der Waals surface area contributed by atoms with Crippen molar-refractivity contribution in [3.63, 3.8) is 0 Å². The number of nitrogens with zero attached hydrogens (tertiary/aromatic N) is 2. The smallest absolute Gasteiger partial charge is 0.242 e. The normalized spacial score (nSPS) is 21.8. The average Bonchev–Trinajstić information content (AvgIpc) is 2.75. The summed E-state index contributed by atoms with van der Waals surface area (Å²) in [6, 6.07) is 5.66. The number of carbonyl (C=O) groups excluding carboxylic acids is 1. The summed E-state index contributed by atoms with van der Waals surface area (Å²) in [5, 5.41) is 0. The van der Waals surface area contributed by atoms with Gasteiger partial charge >= 0.3 is 0 Å². The van der Waals surface area contributed by atoms with Crippen LogP contribution in [0.5, 0.6) is 5.75 Å². The Morgan fingerprint density at radius 3 is 2.73 bits per heavy atom. The number of hydrogen-bond acceptors (Lipinski definition) is 4. The lowest BCUT2D eigenvalue weighted by atomic mass is 10.1. The zero-order chi connectivity index (χ0) is 15.5. The lowest BCUT2D eigenvalue weighted by Gasteiger charge is -2.35. The number of amides is 1. The van der Waals surface area contributed by atoms with Crippen molar-refractivity contribution < 1.29 is 9.53 Å². The van der Waals surface area contributed by atoms with E-state index in [9.17, 15) is 4.79 Å². The largest absolute Gasteiger partial charge is 0.487 e. The van der Waals surface area contributed by atoms with Crippen molar-refractivity contribution in [2.24, 2.45) is 0 Å². The minimum absolute atomic E-state index is 0.0613. The molecule has 1 fully saturated rings. The van der Waals surface area contributed by atoms with Gasteiger partial charge in [0, 0.05) is 24.8 Å². The average molecular weight is 303 g/mol. The van der Waals surface area contributed by atoms with Gasteiger partial charge in [0.05, 0.1) is 18.8 Å². The predicted molar refractivity (Wildman–Crippen MR) is 88.2 cm³/mol. The number of carbonyl (C=O) groups is 1. The van der Waals surface area contributed by atoms with E-state index in [0.717, 1.165) is 43.9 Å². The molecule has 120 valence electrons. The van der Waals surface area contributed by atoms with Crippen LogP contribution in [-0.4, -0.2) is 43.1 Å².